The summed E-state index contributed by atoms with van der Waals surface area (Å²) in [4.78, 5) is 11.7. The Morgan fingerprint density at radius 3 is 2.85 bits per heavy atom. The predicted molar refractivity (Wildman–Crippen MR) is 106 cm³/mol. The van der Waals surface area contributed by atoms with Crippen molar-refractivity contribution in [2.75, 3.05) is 25.2 Å². The molecular formula is C21H25FN4O. The molecule has 0 amide bonds. The van der Waals surface area contributed by atoms with E-state index in [0.29, 0.717) is 24.0 Å². The van der Waals surface area contributed by atoms with Crippen LogP contribution < -0.4 is 4.90 Å². The van der Waals surface area contributed by atoms with E-state index in [4.69, 9.17) is 9.72 Å². The number of anilines is 1. The molecule has 0 aliphatic carbocycles. The first-order valence-electron chi connectivity index (χ1n) is 9.48. The van der Waals surface area contributed by atoms with Crippen molar-refractivity contribution in [3.05, 3.63) is 42.3 Å². The topological polar surface area (TPSA) is 43.2 Å². The van der Waals surface area contributed by atoms with Crippen LogP contribution in [-0.4, -0.2) is 40.8 Å². The van der Waals surface area contributed by atoms with Gasteiger partial charge in [-0.05, 0) is 38.8 Å². The molecule has 2 aromatic heterocycles. The minimum atomic E-state index is -0.261. The molecule has 6 heteroatoms. The van der Waals surface area contributed by atoms with Gasteiger partial charge in [0, 0.05) is 25.8 Å². The first kappa shape index (κ1) is 17.9. The van der Waals surface area contributed by atoms with Gasteiger partial charge in [-0.25, -0.2) is 14.4 Å². The number of halogens is 1. The Balaban J connectivity index is 1.84. The number of hydrogen-bond acceptors (Lipinski definition) is 4. The molecule has 0 unspecified atom stereocenters. The van der Waals surface area contributed by atoms with E-state index in [2.05, 4.69) is 34.4 Å². The first-order chi connectivity index (χ1) is 13.1. The highest BCUT2D eigenvalue weighted by Gasteiger charge is 2.27. The molecule has 3 heterocycles. The van der Waals surface area contributed by atoms with Gasteiger partial charge in [0.1, 0.15) is 23.0 Å². The fourth-order valence-corrected chi connectivity index (χ4v) is 4.00. The van der Waals surface area contributed by atoms with E-state index in [1.54, 1.807) is 25.4 Å². The minimum absolute atomic E-state index is 0.146. The van der Waals surface area contributed by atoms with Crippen molar-refractivity contribution in [3.63, 3.8) is 0 Å². The van der Waals surface area contributed by atoms with Crippen molar-refractivity contribution in [3.8, 4) is 11.4 Å². The van der Waals surface area contributed by atoms with E-state index < -0.39 is 0 Å². The van der Waals surface area contributed by atoms with E-state index in [9.17, 15) is 4.39 Å². The van der Waals surface area contributed by atoms with Crippen LogP contribution in [0.15, 0.2) is 36.5 Å². The molecule has 1 aromatic carbocycles. The van der Waals surface area contributed by atoms with Gasteiger partial charge in [0.05, 0.1) is 29.9 Å². The Labute approximate surface area is 158 Å². The van der Waals surface area contributed by atoms with Crippen molar-refractivity contribution >= 4 is 16.9 Å². The zero-order valence-electron chi connectivity index (χ0n) is 16.0. The third kappa shape index (κ3) is 3.18. The molecule has 0 spiro atoms. The number of methoxy groups -OCH3 is 1. The number of benzene rings is 1. The van der Waals surface area contributed by atoms with Gasteiger partial charge in [-0.2, -0.15) is 0 Å². The van der Waals surface area contributed by atoms with Crippen LogP contribution in [0.2, 0.25) is 0 Å². The number of ether oxygens (including phenoxy) is 1. The Kier molecular flexibility index (Phi) is 4.83. The summed E-state index contributed by atoms with van der Waals surface area (Å²) in [5.41, 5.74) is 2.28. The second kappa shape index (κ2) is 7.27. The summed E-state index contributed by atoms with van der Waals surface area (Å²) in [6.45, 7) is 5.86. The standard InChI is InChI=1S/C21H25FN4O/c1-14(2)26-19-11-20(25-10-6-7-15(25)13-27-3)23-12-18(19)24-21(26)16-8-4-5-9-17(16)22/h4-5,8-9,11-12,14-15H,6-7,10,13H2,1-3H3/t15-/m0/s1. The fourth-order valence-electron chi connectivity index (χ4n) is 4.00. The van der Waals surface area contributed by atoms with Crippen molar-refractivity contribution in [1.82, 2.24) is 14.5 Å². The number of hydrogen-bond donors (Lipinski definition) is 0. The predicted octanol–water partition coefficient (Wildman–Crippen LogP) is 4.43. The molecule has 0 bridgehead atoms. The Morgan fingerprint density at radius 2 is 2.11 bits per heavy atom. The maximum atomic E-state index is 14.4. The Hall–Kier alpha value is -2.47. The van der Waals surface area contributed by atoms with E-state index in [1.165, 1.54) is 6.07 Å². The van der Waals surface area contributed by atoms with E-state index in [0.717, 1.165) is 36.2 Å². The van der Waals surface area contributed by atoms with E-state index >= 15 is 0 Å². The largest absolute Gasteiger partial charge is 0.383 e. The van der Waals surface area contributed by atoms with Crippen LogP contribution in [0.5, 0.6) is 0 Å². The number of nitrogens with zero attached hydrogens (tertiary/aromatic N) is 4. The lowest BCUT2D eigenvalue weighted by atomic mass is 10.2. The minimum Gasteiger partial charge on any atom is -0.383 e. The van der Waals surface area contributed by atoms with Crippen molar-refractivity contribution < 1.29 is 9.13 Å². The molecule has 142 valence electrons. The molecule has 4 rings (SSSR count). The zero-order chi connectivity index (χ0) is 19.0. The van der Waals surface area contributed by atoms with Gasteiger partial charge in [0.25, 0.3) is 0 Å². The lowest BCUT2D eigenvalue weighted by Crippen LogP contribution is -2.33. The molecule has 0 N–H and O–H groups in total. The summed E-state index contributed by atoms with van der Waals surface area (Å²) in [6.07, 6.45) is 4.05. The summed E-state index contributed by atoms with van der Waals surface area (Å²) in [7, 11) is 1.74. The Bertz CT molecular complexity index is 953. The molecule has 0 saturated carbocycles. The average Bonchev–Trinajstić information content (AvgIpc) is 3.26. The van der Waals surface area contributed by atoms with Crippen LogP contribution in [0.25, 0.3) is 22.4 Å². The second-order valence-corrected chi connectivity index (χ2v) is 7.36. The lowest BCUT2D eigenvalue weighted by Gasteiger charge is -2.25. The fraction of sp³-hybridized carbons (Fsp3) is 0.429. The van der Waals surface area contributed by atoms with Crippen molar-refractivity contribution in [2.24, 2.45) is 0 Å². The van der Waals surface area contributed by atoms with Crippen LogP contribution in [-0.2, 0) is 4.74 Å². The smallest absolute Gasteiger partial charge is 0.144 e. The molecule has 1 fully saturated rings. The molecule has 1 aliphatic heterocycles. The van der Waals surface area contributed by atoms with Crippen LogP contribution >= 0.6 is 0 Å². The van der Waals surface area contributed by atoms with E-state index in [-0.39, 0.29) is 11.9 Å². The number of pyridine rings is 1. The molecule has 5 nitrogen and oxygen atoms in total. The second-order valence-electron chi connectivity index (χ2n) is 7.36. The molecule has 27 heavy (non-hydrogen) atoms. The average molecular weight is 368 g/mol. The SMILES string of the molecule is COC[C@@H]1CCCN1c1cc2c(cn1)nc(-c1ccccc1F)n2C(C)C. The van der Waals surface area contributed by atoms with Crippen LogP contribution in [0.3, 0.4) is 0 Å². The third-order valence-corrected chi connectivity index (χ3v) is 5.22. The first-order valence-corrected chi connectivity index (χ1v) is 9.48. The summed E-state index contributed by atoms with van der Waals surface area (Å²) < 4.78 is 21.9. The zero-order valence-corrected chi connectivity index (χ0v) is 16.0. The maximum Gasteiger partial charge on any atom is 0.144 e. The van der Waals surface area contributed by atoms with Gasteiger partial charge < -0.3 is 14.2 Å². The number of imidazole rings is 1. The number of aromatic nitrogens is 3. The summed E-state index contributed by atoms with van der Waals surface area (Å²) in [5, 5.41) is 0. The summed E-state index contributed by atoms with van der Waals surface area (Å²) in [6, 6.07) is 9.37. The normalized spacial score (nSPS) is 17.4. The number of rotatable bonds is 5. The third-order valence-electron chi connectivity index (χ3n) is 5.22. The molecule has 1 atom stereocenters. The van der Waals surface area contributed by atoms with Gasteiger partial charge in [-0.3, -0.25) is 0 Å². The van der Waals surface area contributed by atoms with Crippen molar-refractivity contribution in [1.29, 1.82) is 0 Å². The van der Waals surface area contributed by atoms with Gasteiger partial charge in [0.2, 0.25) is 0 Å². The molecule has 3 aromatic rings. The van der Waals surface area contributed by atoms with Gasteiger partial charge in [0.15, 0.2) is 0 Å². The summed E-state index contributed by atoms with van der Waals surface area (Å²) in [5.74, 6) is 1.32. The molecule has 1 saturated heterocycles. The van der Waals surface area contributed by atoms with Crippen molar-refractivity contribution in [2.45, 2.75) is 38.8 Å². The number of fused-ring (bicyclic) bond motifs is 1. The van der Waals surface area contributed by atoms with E-state index in [1.807, 2.05) is 6.07 Å². The molecular weight excluding hydrogens is 343 g/mol. The highest BCUT2D eigenvalue weighted by Crippen LogP contribution is 2.32. The van der Waals surface area contributed by atoms with Gasteiger partial charge >= 0.3 is 0 Å². The van der Waals surface area contributed by atoms with Gasteiger partial charge in [-0.1, -0.05) is 12.1 Å². The summed E-state index contributed by atoms with van der Waals surface area (Å²) >= 11 is 0. The van der Waals surface area contributed by atoms with Crippen LogP contribution in [0.4, 0.5) is 10.2 Å². The maximum absolute atomic E-state index is 14.4. The van der Waals surface area contributed by atoms with Gasteiger partial charge in [-0.15, -0.1) is 0 Å². The van der Waals surface area contributed by atoms with Crippen LogP contribution in [0.1, 0.15) is 32.7 Å². The lowest BCUT2D eigenvalue weighted by molar-refractivity contribution is 0.180. The molecule has 1 aliphatic rings. The Morgan fingerprint density at radius 1 is 1.30 bits per heavy atom. The highest BCUT2D eigenvalue weighted by molar-refractivity contribution is 5.82. The van der Waals surface area contributed by atoms with Crippen LogP contribution in [0, 0.1) is 5.82 Å². The quantitative estimate of drug-likeness (QED) is 0.668. The highest BCUT2D eigenvalue weighted by atomic mass is 19.1. The monoisotopic (exact) mass is 368 g/mol. The molecule has 0 radical (unpaired) electrons.